The number of amides is 1. The topological polar surface area (TPSA) is 51.2 Å². The zero-order chi connectivity index (χ0) is 15.0. The van der Waals surface area contributed by atoms with Crippen molar-refractivity contribution < 1.29 is 9.53 Å². The maximum Gasteiger partial charge on any atom is 0.271 e. The Balaban J connectivity index is 1.40. The minimum Gasteiger partial charge on any atom is -0.373 e. The summed E-state index contributed by atoms with van der Waals surface area (Å²) in [5.74, 6) is -0.0808. The third-order valence-electron chi connectivity index (χ3n) is 4.53. The van der Waals surface area contributed by atoms with Crippen molar-refractivity contribution in [2.75, 3.05) is 6.61 Å². The van der Waals surface area contributed by atoms with Gasteiger partial charge < -0.3 is 10.1 Å². The molecule has 1 saturated carbocycles. The van der Waals surface area contributed by atoms with E-state index in [2.05, 4.69) is 10.3 Å². The summed E-state index contributed by atoms with van der Waals surface area (Å²) < 4.78 is 5.98. The molecule has 4 rings (SSSR count). The lowest BCUT2D eigenvalue weighted by atomic mass is 9.96. The zero-order valence-electron chi connectivity index (χ0n) is 12.2. The number of nitrogens with zero attached hydrogens (tertiary/aromatic N) is 1. The first-order chi connectivity index (χ1) is 10.7. The number of hydrogen-bond acceptors (Lipinski definition) is 5. The summed E-state index contributed by atoms with van der Waals surface area (Å²) in [5, 5.41) is 7.86. The molecule has 0 radical (unpaired) electrons. The van der Waals surface area contributed by atoms with Crippen molar-refractivity contribution >= 4 is 28.6 Å². The molecule has 116 valence electrons. The van der Waals surface area contributed by atoms with E-state index >= 15 is 0 Å². The third kappa shape index (κ3) is 2.71. The Morgan fingerprint density at radius 2 is 2.23 bits per heavy atom. The van der Waals surface area contributed by atoms with Crippen molar-refractivity contribution in [2.45, 2.75) is 43.7 Å². The maximum atomic E-state index is 12.4. The van der Waals surface area contributed by atoms with Gasteiger partial charge in [-0.25, -0.2) is 4.98 Å². The van der Waals surface area contributed by atoms with Crippen LogP contribution in [0, 0.1) is 0 Å². The fourth-order valence-corrected chi connectivity index (χ4v) is 5.07. The Labute approximate surface area is 137 Å². The predicted molar refractivity (Wildman–Crippen MR) is 88.4 cm³/mol. The van der Waals surface area contributed by atoms with Crippen LogP contribution < -0.4 is 5.32 Å². The lowest BCUT2D eigenvalue weighted by molar-refractivity contribution is 0.00987. The van der Waals surface area contributed by atoms with Crippen LogP contribution in [-0.2, 0) is 4.74 Å². The van der Waals surface area contributed by atoms with Crippen molar-refractivity contribution in [1.29, 1.82) is 0 Å². The molecule has 4 nitrogen and oxygen atoms in total. The first-order valence-electron chi connectivity index (χ1n) is 7.68. The molecule has 1 atom stereocenters. The number of aromatic nitrogens is 1. The molecule has 2 fully saturated rings. The molecule has 2 aromatic heterocycles. The Hall–Kier alpha value is -1.24. The van der Waals surface area contributed by atoms with Gasteiger partial charge in [-0.15, -0.1) is 22.7 Å². The molecule has 2 aromatic rings. The average Bonchev–Trinajstić information content (AvgIpc) is 3.27. The molecule has 3 heterocycles. The molecule has 1 amide bonds. The fourth-order valence-electron chi connectivity index (χ4n) is 3.46. The van der Waals surface area contributed by atoms with Gasteiger partial charge in [0.1, 0.15) is 10.7 Å². The SMILES string of the molecule is O=C(N[C@H]1COC2(CCCC2)C1)c1csc(-c2cccs2)n1. The monoisotopic (exact) mass is 334 g/mol. The van der Waals surface area contributed by atoms with Gasteiger partial charge in [-0.3, -0.25) is 4.79 Å². The summed E-state index contributed by atoms with van der Waals surface area (Å²) in [7, 11) is 0. The van der Waals surface area contributed by atoms with E-state index in [1.165, 1.54) is 24.2 Å². The van der Waals surface area contributed by atoms with Crippen molar-refractivity contribution in [2.24, 2.45) is 0 Å². The molecule has 6 heteroatoms. The number of carbonyl (C=O) groups is 1. The van der Waals surface area contributed by atoms with Crippen LogP contribution in [0.3, 0.4) is 0 Å². The minimum absolute atomic E-state index is 0.0438. The van der Waals surface area contributed by atoms with Gasteiger partial charge in [0.25, 0.3) is 5.91 Å². The molecular formula is C16H18N2O2S2. The van der Waals surface area contributed by atoms with E-state index in [9.17, 15) is 4.79 Å². The van der Waals surface area contributed by atoms with Gasteiger partial charge in [-0.1, -0.05) is 18.9 Å². The van der Waals surface area contributed by atoms with E-state index < -0.39 is 0 Å². The molecule has 1 spiro atoms. The van der Waals surface area contributed by atoms with E-state index in [-0.39, 0.29) is 17.6 Å². The second kappa shape index (κ2) is 5.76. The Morgan fingerprint density at radius 3 is 3.00 bits per heavy atom. The molecular weight excluding hydrogens is 316 g/mol. The lowest BCUT2D eigenvalue weighted by Gasteiger charge is -2.21. The van der Waals surface area contributed by atoms with Crippen LogP contribution in [0.1, 0.15) is 42.6 Å². The average molecular weight is 334 g/mol. The number of ether oxygens (including phenoxy) is 1. The normalized spacial score (nSPS) is 23.2. The molecule has 2 aliphatic rings. The van der Waals surface area contributed by atoms with Crippen molar-refractivity contribution in [3.63, 3.8) is 0 Å². The second-order valence-corrected chi connectivity index (χ2v) is 7.90. The van der Waals surface area contributed by atoms with Crippen LogP contribution >= 0.6 is 22.7 Å². The summed E-state index contributed by atoms with van der Waals surface area (Å²) in [6.07, 6.45) is 5.71. The van der Waals surface area contributed by atoms with E-state index in [0.717, 1.165) is 29.1 Å². The number of hydrogen-bond donors (Lipinski definition) is 1. The van der Waals surface area contributed by atoms with Gasteiger partial charge in [0.15, 0.2) is 0 Å². The third-order valence-corrected chi connectivity index (χ3v) is 6.41. The van der Waals surface area contributed by atoms with E-state index in [1.807, 2.05) is 22.9 Å². The number of thiophene rings is 1. The van der Waals surface area contributed by atoms with Gasteiger partial charge in [-0.2, -0.15) is 0 Å². The van der Waals surface area contributed by atoms with Gasteiger partial charge in [-0.05, 0) is 30.7 Å². The maximum absolute atomic E-state index is 12.4. The van der Waals surface area contributed by atoms with Gasteiger partial charge in [0.05, 0.1) is 23.1 Å². The smallest absolute Gasteiger partial charge is 0.271 e. The van der Waals surface area contributed by atoms with Crippen LogP contribution in [0.4, 0.5) is 0 Å². The quantitative estimate of drug-likeness (QED) is 0.931. The standard InChI is InChI=1S/C16H18N2O2S2/c19-14(12-10-22-15(18-12)13-4-3-7-21-13)17-11-8-16(20-9-11)5-1-2-6-16/h3-4,7,10-11H,1-2,5-6,8-9H2,(H,17,19)/t11-/m1/s1. The highest BCUT2D eigenvalue weighted by molar-refractivity contribution is 7.20. The van der Waals surface area contributed by atoms with E-state index in [0.29, 0.717) is 12.3 Å². The second-order valence-electron chi connectivity index (χ2n) is 6.09. The molecule has 0 unspecified atom stereocenters. The number of rotatable bonds is 3. The van der Waals surface area contributed by atoms with Crippen LogP contribution in [0.5, 0.6) is 0 Å². The molecule has 1 aliphatic heterocycles. The number of carbonyl (C=O) groups excluding carboxylic acids is 1. The van der Waals surface area contributed by atoms with Crippen LogP contribution in [0.2, 0.25) is 0 Å². The summed E-state index contributed by atoms with van der Waals surface area (Å²) in [6.45, 7) is 0.633. The highest BCUT2D eigenvalue weighted by Gasteiger charge is 2.42. The van der Waals surface area contributed by atoms with Gasteiger partial charge >= 0.3 is 0 Å². The molecule has 0 aromatic carbocycles. The molecule has 1 N–H and O–H groups in total. The first-order valence-corrected chi connectivity index (χ1v) is 9.44. The van der Waals surface area contributed by atoms with Crippen molar-refractivity contribution in [3.8, 4) is 9.88 Å². The highest BCUT2D eigenvalue weighted by Crippen LogP contribution is 2.40. The minimum atomic E-state index is -0.0808. The number of thiazole rings is 1. The summed E-state index contributed by atoms with van der Waals surface area (Å²) in [5.41, 5.74) is 0.558. The van der Waals surface area contributed by atoms with Crippen LogP contribution in [0.25, 0.3) is 9.88 Å². The van der Waals surface area contributed by atoms with Gasteiger partial charge in [0, 0.05) is 5.38 Å². The van der Waals surface area contributed by atoms with Crippen molar-refractivity contribution in [1.82, 2.24) is 10.3 Å². The van der Waals surface area contributed by atoms with Crippen LogP contribution in [0.15, 0.2) is 22.9 Å². The zero-order valence-corrected chi connectivity index (χ0v) is 13.8. The fraction of sp³-hybridized carbons (Fsp3) is 0.500. The van der Waals surface area contributed by atoms with E-state index in [1.54, 1.807) is 11.3 Å². The Bertz CT molecular complexity index is 660. The summed E-state index contributed by atoms with van der Waals surface area (Å²) >= 11 is 3.16. The van der Waals surface area contributed by atoms with Gasteiger partial charge in [0.2, 0.25) is 0 Å². The molecule has 0 bridgehead atoms. The number of nitrogens with one attached hydrogen (secondary N) is 1. The molecule has 1 saturated heterocycles. The summed E-state index contributed by atoms with van der Waals surface area (Å²) in [4.78, 5) is 17.9. The predicted octanol–water partition coefficient (Wildman–Crippen LogP) is 3.70. The Kier molecular flexibility index (Phi) is 3.76. The first kappa shape index (κ1) is 14.4. The largest absolute Gasteiger partial charge is 0.373 e. The lowest BCUT2D eigenvalue weighted by Crippen LogP contribution is -2.36. The molecule has 22 heavy (non-hydrogen) atoms. The summed E-state index contributed by atoms with van der Waals surface area (Å²) in [6, 6.07) is 4.15. The Morgan fingerprint density at radius 1 is 1.36 bits per heavy atom. The van der Waals surface area contributed by atoms with E-state index in [4.69, 9.17) is 4.74 Å². The highest BCUT2D eigenvalue weighted by atomic mass is 32.1. The van der Waals surface area contributed by atoms with Crippen LogP contribution in [-0.4, -0.2) is 29.1 Å². The van der Waals surface area contributed by atoms with Crippen molar-refractivity contribution in [3.05, 3.63) is 28.6 Å². The molecule has 1 aliphatic carbocycles.